The van der Waals surface area contributed by atoms with Crippen molar-refractivity contribution in [1.29, 1.82) is 0 Å². The predicted molar refractivity (Wildman–Crippen MR) is 100 cm³/mol. The van der Waals surface area contributed by atoms with Gasteiger partial charge in [0, 0.05) is 32.1 Å². The number of pyridine rings is 1. The van der Waals surface area contributed by atoms with E-state index in [-0.39, 0.29) is 36.0 Å². The van der Waals surface area contributed by atoms with E-state index in [1.54, 1.807) is 29.3 Å². The van der Waals surface area contributed by atoms with Gasteiger partial charge >= 0.3 is 0 Å². The fraction of sp³-hybridized carbons (Fsp3) is 0.381. The third-order valence-electron chi connectivity index (χ3n) is 4.95. The quantitative estimate of drug-likeness (QED) is 0.882. The summed E-state index contributed by atoms with van der Waals surface area (Å²) in [6, 6.07) is 11.7. The summed E-state index contributed by atoms with van der Waals surface area (Å²) < 4.78 is 13.9. The zero-order valence-electron chi connectivity index (χ0n) is 15.4. The molecular weight excluding hydrogens is 345 g/mol. The largest absolute Gasteiger partial charge is 0.348 e. The topological polar surface area (TPSA) is 62.3 Å². The predicted octanol–water partition coefficient (Wildman–Crippen LogP) is 2.88. The molecule has 0 radical (unpaired) electrons. The summed E-state index contributed by atoms with van der Waals surface area (Å²) in [7, 11) is 0. The lowest BCUT2D eigenvalue weighted by molar-refractivity contribution is -0.132. The van der Waals surface area contributed by atoms with Crippen LogP contribution in [0.1, 0.15) is 37.1 Å². The molecule has 2 atom stereocenters. The Morgan fingerprint density at radius 2 is 2.04 bits per heavy atom. The van der Waals surface area contributed by atoms with Crippen molar-refractivity contribution < 1.29 is 14.0 Å². The number of piperidine rings is 1. The van der Waals surface area contributed by atoms with E-state index in [1.807, 2.05) is 18.2 Å². The fourth-order valence-electron chi connectivity index (χ4n) is 3.64. The van der Waals surface area contributed by atoms with Crippen LogP contribution < -0.4 is 5.32 Å². The van der Waals surface area contributed by atoms with E-state index in [4.69, 9.17) is 0 Å². The van der Waals surface area contributed by atoms with Gasteiger partial charge in [0.25, 0.3) is 0 Å². The highest BCUT2D eigenvalue weighted by atomic mass is 19.1. The van der Waals surface area contributed by atoms with E-state index in [1.165, 1.54) is 13.0 Å². The van der Waals surface area contributed by atoms with Crippen LogP contribution >= 0.6 is 0 Å². The van der Waals surface area contributed by atoms with Crippen molar-refractivity contribution in [2.75, 3.05) is 13.1 Å². The van der Waals surface area contributed by atoms with Crippen molar-refractivity contribution in [2.24, 2.45) is 5.92 Å². The zero-order valence-corrected chi connectivity index (χ0v) is 15.4. The second-order valence-corrected chi connectivity index (χ2v) is 6.94. The average molecular weight is 369 g/mol. The van der Waals surface area contributed by atoms with Crippen molar-refractivity contribution in [3.63, 3.8) is 0 Å². The number of halogens is 1. The first kappa shape index (κ1) is 19.0. The summed E-state index contributed by atoms with van der Waals surface area (Å²) in [5.74, 6) is -0.501. The number of hydrogen-bond acceptors (Lipinski definition) is 3. The van der Waals surface area contributed by atoms with Gasteiger partial charge in [-0.05, 0) is 36.6 Å². The van der Waals surface area contributed by atoms with Crippen LogP contribution in [0.15, 0.2) is 48.7 Å². The minimum absolute atomic E-state index is 0.0494. The maximum Gasteiger partial charge on any atom is 0.227 e. The van der Waals surface area contributed by atoms with Crippen molar-refractivity contribution >= 4 is 11.8 Å². The van der Waals surface area contributed by atoms with Gasteiger partial charge in [0.15, 0.2) is 0 Å². The maximum absolute atomic E-state index is 13.9. The molecule has 2 aromatic rings. The van der Waals surface area contributed by atoms with Gasteiger partial charge in [-0.3, -0.25) is 14.6 Å². The molecule has 0 saturated carbocycles. The van der Waals surface area contributed by atoms with Gasteiger partial charge in [-0.25, -0.2) is 4.39 Å². The number of carbonyl (C=O) groups excluding carboxylic acids is 2. The van der Waals surface area contributed by atoms with E-state index >= 15 is 0 Å². The number of hydrogen-bond donors (Lipinski definition) is 1. The van der Waals surface area contributed by atoms with Crippen LogP contribution in [0, 0.1) is 11.7 Å². The molecule has 6 heteroatoms. The van der Waals surface area contributed by atoms with Gasteiger partial charge in [0.2, 0.25) is 11.8 Å². The number of aromatic nitrogens is 1. The van der Waals surface area contributed by atoms with E-state index < -0.39 is 0 Å². The summed E-state index contributed by atoms with van der Waals surface area (Å²) in [5, 5.41) is 2.98. The third-order valence-corrected chi connectivity index (χ3v) is 4.95. The summed E-state index contributed by atoms with van der Waals surface area (Å²) in [6.07, 6.45) is 3.49. The van der Waals surface area contributed by atoms with Crippen LogP contribution in [-0.2, 0) is 16.0 Å². The Kier molecular flexibility index (Phi) is 6.16. The normalized spacial score (nSPS) is 18.0. The molecule has 0 bridgehead atoms. The van der Waals surface area contributed by atoms with Gasteiger partial charge in [-0.1, -0.05) is 24.3 Å². The third kappa shape index (κ3) is 4.90. The Hall–Kier alpha value is -2.76. The van der Waals surface area contributed by atoms with Crippen LogP contribution in [-0.4, -0.2) is 34.8 Å². The number of nitrogens with zero attached hydrogens (tertiary/aromatic N) is 2. The molecule has 5 nitrogen and oxygen atoms in total. The molecule has 1 aliphatic heterocycles. The van der Waals surface area contributed by atoms with E-state index in [0.29, 0.717) is 18.7 Å². The zero-order chi connectivity index (χ0) is 19.2. The van der Waals surface area contributed by atoms with Crippen molar-refractivity contribution in [1.82, 2.24) is 15.2 Å². The van der Waals surface area contributed by atoms with Gasteiger partial charge in [0.05, 0.1) is 18.2 Å². The number of rotatable bonds is 5. The van der Waals surface area contributed by atoms with Gasteiger partial charge in [0.1, 0.15) is 5.82 Å². The lowest BCUT2D eigenvalue weighted by atomic mass is 9.88. The Bertz CT molecular complexity index is 797. The van der Waals surface area contributed by atoms with E-state index in [2.05, 4.69) is 10.3 Å². The molecule has 0 aliphatic carbocycles. The molecule has 1 fully saturated rings. The molecule has 3 rings (SSSR count). The van der Waals surface area contributed by atoms with Gasteiger partial charge < -0.3 is 10.2 Å². The van der Waals surface area contributed by atoms with Crippen LogP contribution in [0.4, 0.5) is 4.39 Å². The fourth-order valence-corrected chi connectivity index (χ4v) is 3.64. The lowest BCUT2D eigenvalue weighted by Crippen LogP contribution is -2.45. The molecule has 1 aromatic heterocycles. The molecule has 2 amide bonds. The maximum atomic E-state index is 13.9. The molecule has 142 valence electrons. The number of benzene rings is 1. The number of amides is 2. The van der Waals surface area contributed by atoms with Crippen LogP contribution in [0.25, 0.3) is 0 Å². The molecule has 27 heavy (non-hydrogen) atoms. The van der Waals surface area contributed by atoms with Gasteiger partial charge in [-0.2, -0.15) is 0 Å². The molecule has 1 aromatic carbocycles. The highest BCUT2D eigenvalue weighted by Crippen LogP contribution is 2.29. The second-order valence-electron chi connectivity index (χ2n) is 6.94. The SMILES string of the molecule is CC(=O)N[C@H](c1ccccn1)[C@H]1CCCN(C(=O)Cc2ccccc2F)C1. The standard InChI is InChI=1S/C21H24FN3O2/c1-15(26)24-21(19-10-4-5-11-23-19)17-8-6-12-25(14-17)20(27)13-16-7-2-3-9-18(16)22/h2-5,7,9-11,17,21H,6,8,12-14H2,1H3,(H,24,26)/t17-,21-/m0/s1. The molecule has 2 heterocycles. The molecular formula is C21H24FN3O2. The highest BCUT2D eigenvalue weighted by Gasteiger charge is 2.31. The number of likely N-dealkylation sites (tertiary alicyclic amines) is 1. The van der Waals surface area contributed by atoms with Crippen LogP contribution in [0.2, 0.25) is 0 Å². The van der Waals surface area contributed by atoms with Crippen molar-refractivity contribution in [2.45, 2.75) is 32.2 Å². The Morgan fingerprint density at radius 3 is 2.74 bits per heavy atom. The van der Waals surface area contributed by atoms with Crippen molar-refractivity contribution in [3.8, 4) is 0 Å². The number of nitrogens with one attached hydrogen (secondary N) is 1. The smallest absolute Gasteiger partial charge is 0.227 e. The van der Waals surface area contributed by atoms with Crippen LogP contribution in [0.3, 0.4) is 0 Å². The van der Waals surface area contributed by atoms with E-state index in [0.717, 1.165) is 18.5 Å². The average Bonchev–Trinajstić information content (AvgIpc) is 2.68. The highest BCUT2D eigenvalue weighted by molar-refractivity contribution is 5.79. The lowest BCUT2D eigenvalue weighted by Gasteiger charge is -2.37. The Balaban J connectivity index is 1.72. The minimum atomic E-state index is -0.357. The molecule has 1 N–H and O–H groups in total. The monoisotopic (exact) mass is 369 g/mol. The molecule has 0 spiro atoms. The number of carbonyl (C=O) groups is 2. The first-order valence-corrected chi connectivity index (χ1v) is 9.24. The summed E-state index contributed by atoms with van der Waals surface area (Å²) >= 11 is 0. The Labute approximate surface area is 158 Å². The minimum Gasteiger partial charge on any atom is -0.348 e. The molecule has 1 saturated heterocycles. The summed E-state index contributed by atoms with van der Waals surface area (Å²) in [4.78, 5) is 30.6. The van der Waals surface area contributed by atoms with E-state index in [9.17, 15) is 14.0 Å². The van der Waals surface area contributed by atoms with Crippen LogP contribution in [0.5, 0.6) is 0 Å². The first-order chi connectivity index (χ1) is 13.0. The summed E-state index contributed by atoms with van der Waals surface area (Å²) in [6.45, 7) is 2.66. The molecule has 0 unspecified atom stereocenters. The Morgan fingerprint density at radius 1 is 1.26 bits per heavy atom. The van der Waals surface area contributed by atoms with Gasteiger partial charge in [-0.15, -0.1) is 0 Å². The second kappa shape index (κ2) is 8.75. The van der Waals surface area contributed by atoms with Crippen molar-refractivity contribution in [3.05, 3.63) is 65.7 Å². The summed E-state index contributed by atoms with van der Waals surface area (Å²) in [5.41, 5.74) is 1.20. The first-order valence-electron chi connectivity index (χ1n) is 9.24. The molecule has 1 aliphatic rings.